The Balaban J connectivity index is 2.68. The zero-order valence-electron chi connectivity index (χ0n) is 11.1. The van der Waals surface area contributed by atoms with Crippen molar-refractivity contribution in [1.29, 1.82) is 0 Å². The van der Waals surface area contributed by atoms with Crippen LogP contribution in [0.4, 0.5) is 5.69 Å². The number of nitrogens with zero attached hydrogens (tertiary/aromatic N) is 2. The molecule has 0 unspecified atom stereocenters. The number of hydrogen-bond acceptors (Lipinski definition) is 3. The van der Waals surface area contributed by atoms with Crippen molar-refractivity contribution in [3.8, 4) is 0 Å². The van der Waals surface area contributed by atoms with Gasteiger partial charge in [0.2, 0.25) is 0 Å². The van der Waals surface area contributed by atoms with Crippen LogP contribution in [0.5, 0.6) is 0 Å². The highest BCUT2D eigenvalue weighted by atomic mass is 79.9. The van der Waals surface area contributed by atoms with Gasteiger partial charge in [0.15, 0.2) is 0 Å². The van der Waals surface area contributed by atoms with Crippen LogP contribution in [0.25, 0.3) is 0 Å². The van der Waals surface area contributed by atoms with Crippen molar-refractivity contribution >= 4 is 21.6 Å². The number of rotatable bonds is 6. The SMILES string of the molecule is CNCc1ccc(N(C)CCN(C)C)cc1Br. The predicted molar refractivity (Wildman–Crippen MR) is 78.7 cm³/mol. The van der Waals surface area contributed by atoms with Gasteiger partial charge >= 0.3 is 0 Å². The molecule has 0 aliphatic carbocycles. The van der Waals surface area contributed by atoms with Crippen LogP contribution < -0.4 is 10.2 Å². The number of likely N-dealkylation sites (N-methyl/N-ethyl adjacent to an activating group) is 2. The normalized spacial score (nSPS) is 10.9. The van der Waals surface area contributed by atoms with Gasteiger partial charge in [0.25, 0.3) is 0 Å². The van der Waals surface area contributed by atoms with Crippen LogP contribution >= 0.6 is 15.9 Å². The van der Waals surface area contributed by atoms with Crippen LogP contribution in [-0.2, 0) is 6.54 Å². The van der Waals surface area contributed by atoms with E-state index in [0.29, 0.717) is 0 Å². The fourth-order valence-electron chi connectivity index (χ4n) is 1.59. The molecule has 0 saturated heterocycles. The molecule has 1 aromatic carbocycles. The van der Waals surface area contributed by atoms with E-state index in [1.165, 1.54) is 15.7 Å². The molecule has 0 heterocycles. The summed E-state index contributed by atoms with van der Waals surface area (Å²) in [4.78, 5) is 4.47. The fourth-order valence-corrected chi connectivity index (χ4v) is 2.09. The van der Waals surface area contributed by atoms with E-state index in [9.17, 15) is 0 Å². The number of hydrogen-bond donors (Lipinski definition) is 1. The van der Waals surface area contributed by atoms with Crippen LogP contribution in [0.2, 0.25) is 0 Å². The molecule has 0 bridgehead atoms. The maximum atomic E-state index is 3.62. The van der Waals surface area contributed by atoms with Crippen molar-refractivity contribution in [2.24, 2.45) is 0 Å². The Bertz CT molecular complexity index is 353. The molecule has 4 heteroatoms. The molecule has 0 radical (unpaired) electrons. The maximum Gasteiger partial charge on any atom is 0.0375 e. The largest absolute Gasteiger partial charge is 0.373 e. The predicted octanol–water partition coefficient (Wildman–Crippen LogP) is 2.17. The third-order valence-corrected chi connectivity index (χ3v) is 3.47. The molecule has 96 valence electrons. The summed E-state index contributed by atoms with van der Waals surface area (Å²) in [6.07, 6.45) is 0. The van der Waals surface area contributed by atoms with Crippen LogP contribution in [0, 0.1) is 0 Å². The van der Waals surface area contributed by atoms with Gasteiger partial charge in [-0.2, -0.15) is 0 Å². The molecule has 0 atom stereocenters. The van der Waals surface area contributed by atoms with Crippen molar-refractivity contribution < 1.29 is 0 Å². The fraction of sp³-hybridized carbons (Fsp3) is 0.538. The lowest BCUT2D eigenvalue weighted by Crippen LogP contribution is -2.28. The molecule has 1 aromatic rings. The van der Waals surface area contributed by atoms with Crippen LogP contribution in [0.1, 0.15) is 5.56 Å². The van der Waals surface area contributed by atoms with Crippen molar-refractivity contribution in [3.63, 3.8) is 0 Å². The second-order valence-electron chi connectivity index (χ2n) is 4.53. The number of halogens is 1. The highest BCUT2D eigenvalue weighted by Gasteiger charge is 2.05. The topological polar surface area (TPSA) is 18.5 Å². The molecule has 0 aliphatic heterocycles. The quantitative estimate of drug-likeness (QED) is 0.868. The molecule has 0 saturated carbocycles. The van der Waals surface area contributed by atoms with Gasteiger partial charge in [0.1, 0.15) is 0 Å². The van der Waals surface area contributed by atoms with Crippen LogP contribution in [-0.4, -0.2) is 46.2 Å². The summed E-state index contributed by atoms with van der Waals surface area (Å²) in [5, 5.41) is 3.16. The van der Waals surface area contributed by atoms with E-state index >= 15 is 0 Å². The molecule has 17 heavy (non-hydrogen) atoms. The Morgan fingerprint density at radius 2 is 1.88 bits per heavy atom. The average molecular weight is 300 g/mol. The lowest BCUT2D eigenvalue weighted by Gasteiger charge is -2.22. The van der Waals surface area contributed by atoms with Crippen LogP contribution in [0.3, 0.4) is 0 Å². The lowest BCUT2D eigenvalue weighted by molar-refractivity contribution is 0.416. The number of nitrogens with one attached hydrogen (secondary N) is 1. The van der Waals surface area contributed by atoms with Crippen molar-refractivity contribution in [2.75, 3.05) is 46.2 Å². The number of benzene rings is 1. The highest BCUT2D eigenvalue weighted by molar-refractivity contribution is 9.10. The Kier molecular flexibility index (Phi) is 5.95. The van der Waals surface area contributed by atoms with E-state index in [1.807, 2.05) is 7.05 Å². The first-order valence-electron chi connectivity index (χ1n) is 5.83. The lowest BCUT2D eigenvalue weighted by atomic mass is 10.2. The molecule has 0 aromatic heterocycles. The first kappa shape index (κ1) is 14.5. The zero-order valence-corrected chi connectivity index (χ0v) is 12.7. The van der Waals surface area contributed by atoms with Gasteiger partial charge in [-0.3, -0.25) is 0 Å². The van der Waals surface area contributed by atoms with Gasteiger partial charge in [0, 0.05) is 36.8 Å². The van der Waals surface area contributed by atoms with Crippen molar-refractivity contribution in [1.82, 2.24) is 10.2 Å². The summed E-state index contributed by atoms with van der Waals surface area (Å²) in [6, 6.07) is 6.53. The Morgan fingerprint density at radius 1 is 1.18 bits per heavy atom. The van der Waals surface area contributed by atoms with Crippen LogP contribution in [0.15, 0.2) is 22.7 Å². The first-order chi connectivity index (χ1) is 8.04. The summed E-state index contributed by atoms with van der Waals surface area (Å²) >= 11 is 3.62. The molecule has 0 spiro atoms. The van der Waals surface area contributed by atoms with Gasteiger partial charge in [-0.05, 0) is 38.8 Å². The maximum absolute atomic E-state index is 3.62. The molecular formula is C13H22BrN3. The van der Waals surface area contributed by atoms with E-state index in [0.717, 1.165) is 19.6 Å². The van der Waals surface area contributed by atoms with E-state index in [-0.39, 0.29) is 0 Å². The monoisotopic (exact) mass is 299 g/mol. The minimum Gasteiger partial charge on any atom is -0.373 e. The van der Waals surface area contributed by atoms with Gasteiger partial charge in [-0.25, -0.2) is 0 Å². The molecule has 3 nitrogen and oxygen atoms in total. The minimum atomic E-state index is 0.891. The molecule has 0 amide bonds. The Morgan fingerprint density at radius 3 is 2.41 bits per heavy atom. The van der Waals surface area contributed by atoms with E-state index in [2.05, 4.69) is 70.4 Å². The first-order valence-corrected chi connectivity index (χ1v) is 6.62. The smallest absolute Gasteiger partial charge is 0.0375 e. The standard InChI is InChI=1S/C13H22BrN3/c1-15-10-11-5-6-12(9-13(11)14)17(4)8-7-16(2)3/h5-6,9,15H,7-8,10H2,1-4H3. The summed E-state index contributed by atoms with van der Waals surface area (Å²) in [7, 11) is 8.28. The van der Waals surface area contributed by atoms with Gasteiger partial charge < -0.3 is 15.1 Å². The van der Waals surface area contributed by atoms with Gasteiger partial charge in [-0.15, -0.1) is 0 Å². The summed E-state index contributed by atoms with van der Waals surface area (Å²) in [6.45, 7) is 2.99. The third kappa shape index (κ3) is 4.66. The summed E-state index contributed by atoms with van der Waals surface area (Å²) in [5.41, 5.74) is 2.54. The third-order valence-electron chi connectivity index (χ3n) is 2.73. The second kappa shape index (κ2) is 6.99. The van der Waals surface area contributed by atoms with Gasteiger partial charge in [0.05, 0.1) is 0 Å². The highest BCUT2D eigenvalue weighted by Crippen LogP contribution is 2.23. The Hall–Kier alpha value is -0.580. The summed E-state index contributed by atoms with van der Waals surface area (Å²) in [5.74, 6) is 0. The van der Waals surface area contributed by atoms with Crippen molar-refractivity contribution in [3.05, 3.63) is 28.2 Å². The second-order valence-corrected chi connectivity index (χ2v) is 5.39. The zero-order chi connectivity index (χ0) is 12.8. The number of anilines is 1. The molecule has 1 rings (SSSR count). The summed E-state index contributed by atoms with van der Waals surface area (Å²) < 4.78 is 1.17. The molecule has 0 aliphatic rings. The molecular weight excluding hydrogens is 278 g/mol. The van der Waals surface area contributed by atoms with Gasteiger partial charge in [-0.1, -0.05) is 22.0 Å². The van der Waals surface area contributed by atoms with E-state index in [4.69, 9.17) is 0 Å². The van der Waals surface area contributed by atoms with E-state index in [1.54, 1.807) is 0 Å². The molecule has 0 fully saturated rings. The average Bonchev–Trinajstić information content (AvgIpc) is 2.28. The van der Waals surface area contributed by atoms with Crippen molar-refractivity contribution in [2.45, 2.75) is 6.54 Å². The minimum absolute atomic E-state index is 0.891. The van der Waals surface area contributed by atoms with E-state index < -0.39 is 0 Å². The Labute approximate surface area is 113 Å². The molecule has 1 N–H and O–H groups in total.